The Morgan fingerprint density at radius 3 is 2.20 bits per heavy atom. The number of aliphatic hydroxyl groups is 1. The highest BCUT2D eigenvalue weighted by Gasteiger charge is 2.14. The summed E-state index contributed by atoms with van der Waals surface area (Å²) in [6, 6.07) is 7.66. The van der Waals surface area contributed by atoms with Crippen LogP contribution in [0.3, 0.4) is 0 Å². The fourth-order valence-corrected chi connectivity index (χ4v) is 2.09. The number of hydrogen-bond donors (Lipinski definition) is 1. The Balaban J connectivity index is 2.09. The Bertz CT molecular complexity index is 596. The van der Waals surface area contributed by atoms with Crippen LogP contribution in [-0.4, -0.2) is 11.2 Å². The van der Waals surface area contributed by atoms with Crippen LogP contribution >= 0.6 is 11.6 Å². The van der Waals surface area contributed by atoms with Crippen molar-refractivity contribution in [3.8, 4) is 0 Å². The van der Waals surface area contributed by atoms with E-state index in [0.717, 1.165) is 12.1 Å². The summed E-state index contributed by atoms with van der Waals surface area (Å²) < 4.78 is 40.1. The van der Waals surface area contributed by atoms with E-state index in [1.54, 1.807) is 6.07 Å². The summed E-state index contributed by atoms with van der Waals surface area (Å²) in [7, 11) is 0. The molecule has 5 heteroatoms. The molecule has 1 N–H and O–H groups in total. The average Bonchev–Trinajstić information content (AvgIpc) is 2.38. The van der Waals surface area contributed by atoms with Crippen LogP contribution in [0.25, 0.3) is 0 Å². The van der Waals surface area contributed by atoms with E-state index < -0.39 is 23.6 Å². The van der Waals surface area contributed by atoms with Gasteiger partial charge >= 0.3 is 0 Å². The Hall–Kier alpha value is -1.52. The summed E-state index contributed by atoms with van der Waals surface area (Å²) in [4.78, 5) is 0. The number of hydrogen-bond acceptors (Lipinski definition) is 1. The van der Waals surface area contributed by atoms with E-state index in [1.165, 1.54) is 18.2 Å². The third-order valence-electron chi connectivity index (χ3n) is 2.96. The van der Waals surface area contributed by atoms with Crippen LogP contribution < -0.4 is 0 Å². The van der Waals surface area contributed by atoms with E-state index in [4.69, 9.17) is 11.6 Å². The lowest BCUT2D eigenvalue weighted by Gasteiger charge is -2.12. The predicted molar refractivity (Wildman–Crippen MR) is 71.2 cm³/mol. The Labute approximate surface area is 119 Å². The van der Waals surface area contributed by atoms with Gasteiger partial charge in [-0.1, -0.05) is 23.7 Å². The van der Waals surface area contributed by atoms with E-state index in [0.29, 0.717) is 5.56 Å². The molecule has 0 aliphatic rings. The number of benzene rings is 2. The van der Waals surface area contributed by atoms with Gasteiger partial charge in [0.15, 0.2) is 0 Å². The van der Waals surface area contributed by atoms with Gasteiger partial charge in [-0.2, -0.15) is 0 Å². The topological polar surface area (TPSA) is 20.2 Å². The Morgan fingerprint density at radius 1 is 0.950 bits per heavy atom. The number of rotatable bonds is 4. The molecule has 2 aromatic rings. The quantitative estimate of drug-likeness (QED) is 0.908. The minimum Gasteiger partial charge on any atom is -0.392 e. The Morgan fingerprint density at radius 2 is 1.60 bits per heavy atom. The third kappa shape index (κ3) is 3.52. The van der Waals surface area contributed by atoms with Crippen LogP contribution in [0, 0.1) is 17.5 Å². The monoisotopic (exact) mass is 300 g/mol. The first-order chi connectivity index (χ1) is 9.47. The molecule has 1 atom stereocenters. The van der Waals surface area contributed by atoms with Crippen LogP contribution in [0.2, 0.25) is 5.02 Å². The van der Waals surface area contributed by atoms with E-state index in [9.17, 15) is 18.3 Å². The van der Waals surface area contributed by atoms with Gasteiger partial charge in [-0.15, -0.1) is 0 Å². The molecule has 0 saturated carbocycles. The molecule has 1 unspecified atom stereocenters. The highest BCUT2D eigenvalue weighted by molar-refractivity contribution is 6.30. The molecule has 2 aromatic carbocycles. The molecule has 0 aliphatic carbocycles. The summed E-state index contributed by atoms with van der Waals surface area (Å²) in [6.07, 6.45) is -1.10. The van der Waals surface area contributed by atoms with Gasteiger partial charge in [-0.3, -0.25) is 0 Å². The van der Waals surface area contributed by atoms with Gasteiger partial charge < -0.3 is 5.11 Å². The fraction of sp³-hybridized carbons (Fsp3) is 0.200. The van der Waals surface area contributed by atoms with Crippen molar-refractivity contribution >= 4 is 11.6 Å². The van der Waals surface area contributed by atoms with Crippen molar-refractivity contribution in [3.05, 3.63) is 70.0 Å². The summed E-state index contributed by atoms with van der Waals surface area (Å²) in [5, 5.41) is 9.87. The average molecular weight is 301 g/mol. The summed E-state index contributed by atoms with van der Waals surface area (Å²) >= 11 is 5.55. The zero-order valence-electron chi connectivity index (χ0n) is 10.4. The van der Waals surface area contributed by atoms with Crippen LogP contribution in [0.15, 0.2) is 36.4 Å². The maximum Gasteiger partial charge on any atom is 0.142 e. The molecule has 0 aromatic heterocycles. The molecule has 0 aliphatic heterocycles. The molecule has 0 spiro atoms. The molecule has 0 amide bonds. The van der Waals surface area contributed by atoms with Crippen molar-refractivity contribution < 1.29 is 18.3 Å². The Kier molecular flexibility index (Phi) is 4.68. The lowest BCUT2D eigenvalue weighted by atomic mass is 10.0. The molecular formula is C15H12ClF3O. The zero-order valence-corrected chi connectivity index (χ0v) is 11.2. The SMILES string of the molecule is OC(Cc1ccc(Cl)c(F)c1)Cc1c(F)cccc1F. The molecule has 1 nitrogen and oxygen atoms in total. The summed E-state index contributed by atoms with van der Waals surface area (Å²) in [6.45, 7) is 0. The van der Waals surface area contributed by atoms with Crippen molar-refractivity contribution in [2.45, 2.75) is 18.9 Å². The van der Waals surface area contributed by atoms with Gasteiger partial charge in [-0.25, -0.2) is 13.2 Å². The smallest absolute Gasteiger partial charge is 0.142 e. The maximum absolute atomic E-state index is 13.4. The molecular weight excluding hydrogens is 289 g/mol. The van der Waals surface area contributed by atoms with E-state index >= 15 is 0 Å². The molecule has 0 bridgehead atoms. The summed E-state index contributed by atoms with van der Waals surface area (Å²) in [5.41, 5.74) is 0.339. The van der Waals surface area contributed by atoms with Crippen molar-refractivity contribution in [2.24, 2.45) is 0 Å². The van der Waals surface area contributed by atoms with Gasteiger partial charge in [0.25, 0.3) is 0 Å². The largest absolute Gasteiger partial charge is 0.392 e. The fourth-order valence-electron chi connectivity index (χ4n) is 1.97. The minimum absolute atomic E-state index is 0.0108. The van der Waals surface area contributed by atoms with Gasteiger partial charge in [0, 0.05) is 12.0 Å². The van der Waals surface area contributed by atoms with Crippen LogP contribution in [-0.2, 0) is 12.8 Å². The predicted octanol–water partition coefficient (Wildman–Crippen LogP) is 3.90. The van der Waals surface area contributed by atoms with Crippen LogP contribution in [0.5, 0.6) is 0 Å². The van der Waals surface area contributed by atoms with Crippen LogP contribution in [0.4, 0.5) is 13.2 Å². The van der Waals surface area contributed by atoms with Crippen molar-refractivity contribution in [2.75, 3.05) is 0 Å². The molecule has 0 fully saturated rings. The molecule has 0 heterocycles. The second-order valence-corrected chi connectivity index (χ2v) is 4.92. The first-order valence-corrected chi connectivity index (χ1v) is 6.40. The standard InChI is InChI=1S/C15H12ClF3O/c16-12-5-4-9(7-15(12)19)6-10(20)8-11-13(17)2-1-3-14(11)18/h1-5,7,10,20H,6,8H2. The van der Waals surface area contributed by atoms with Crippen molar-refractivity contribution in [1.29, 1.82) is 0 Å². The zero-order chi connectivity index (χ0) is 14.7. The first kappa shape index (κ1) is 14.9. The van der Waals surface area contributed by atoms with Gasteiger partial charge in [0.05, 0.1) is 11.1 Å². The van der Waals surface area contributed by atoms with Crippen molar-refractivity contribution in [1.82, 2.24) is 0 Å². The van der Waals surface area contributed by atoms with Gasteiger partial charge in [-0.05, 0) is 36.2 Å². The maximum atomic E-state index is 13.4. The van der Waals surface area contributed by atoms with E-state index in [-0.39, 0.29) is 23.4 Å². The molecule has 106 valence electrons. The lowest BCUT2D eigenvalue weighted by molar-refractivity contribution is 0.172. The molecule has 0 radical (unpaired) electrons. The third-order valence-corrected chi connectivity index (χ3v) is 3.26. The lowest BCUT2D eigenvalue weighted by Crippen LogP contribution is -2.16. The van der Waals surface area contributed by atoms with Gasteiger partial charge in [0.2, 0.25) is 0 Å². The molecule has 2 rings (SSSR count). The molecule has 0 saturated heterocycles. The van der Waals surface area contributed by atoms with E-state index in [1.807, 2.05) is 0 Å². The summed E-state index contributed by atoms with van der Waals surface area (Å²) in [5.74, 6) is -1.99. The highest BCUT2D eigenvalue weighted by Crippen LogP contribution is 2.19. The number of halogens is 4. The van der Waals surface area contributed by atoms with E-state index in [2.05, 4.69) is 0 Å². The normalized spacial score (nSPS) is 12.4. The second-order valence-electron chi connectivity index (χ2n) is 4.51. The first-order valence-electron chi connectivity index (χ1n) is 6.02. The van der Waals surface area contributed by atoms with Gasteiger partial charge in [0.1, 0.15) is 17.5 Å². The minimum atomic E-state index is -1.01. The van der Waals surface area contributed by atoms with Crippen molar-refractivity contribution in [3.63, 3.8) is 0 Å². The molecule has 20 heavy (non-hydrogen) atoms. The van der Waals surface area contributed by atoms with Crippen LogP contribution in [0.1, 0.15) is 11.1 Å². The highest BCUT2D eigenvalue weighted by atomic mass is 35.5. The second kappa shape index (κ2) is 6.29. The number of aliphatic hydroxyl groups excluding tert-OH is 1.